The van der Waals surface area contributed by atoms with Crippen LogP contribution in [-0.4, -0.2) is 44.0 Å². The Labute approximate surface area is 184 Å². The highest BCUT2D eigenvalue weighted by Crippen LogP contribution is 2.37. The number of carbonyl (C=O) groups excluding carboxylic acids is 1. The average Bonchev–Trinajstić information content (AvgIpc) is 3.36. The highest BCUT2D eigenvalue weighted by Gasteiger charge is 2.33. The second kappa shape index (κ2) is 8.79. The number of aliphatic hydroxyl groups excluding tert-OH is 1. The Morgan fingerprint density at radius 2 is 2.10 bits per heavy atom. The molecule has 1 aliphatic rings. The van der Waals surface area contributed by atoms with Crippen molar-refractivity contribution in [3.05, 3.63) is 57.5 Å². The van der Waals surface area contributed by atoms with Crippen LogP contribution in [0.3, 0.4) is 0 Å². The van der Waals surface area contributed by atoms with Gasteiger partial charge in [0.1, 0.15) is 0 Å². The maximum absolute atomic E-state index is 13.3. The predicted molar refractivity (Wildman–Crippen MR) is 114 cm³/mol. The average molecular weight is 449 g/mol. The van der Waals surface area contributed by atoms with Crippen molar-refractivity contribution in [2.45, 2.75) is 38.8 Å². The molecular formula is C21H22Cl2N4O3. The smallest absolute Gasteiger partial charge is 0.254 e. The lowest BCUT2D eigenvalue weighted by Gasteiger charge is -2.35. The lowest BCUT2D eigenvalue weighted by Crippen LogP contribution is -2.39. The minimum absolute atomic E-state index is 0.0351. The van der Waals surface area contributed by atoms with Crippen molar-refractivity contribution in [2.75, 3.05) is 13.2 Å². The Kier molecular flexibility index (Phi) is 6.13. The Hall–Kier alpha value is -2.35. The number of likely N-dealkylation sites (tertiary alicyclic amines) is 1. The molecule has 7 nitrogen and oxygen atoms in total. The van der Waals surface area contributed by atoms with Crippen LogP contribution in [0.15, 0.2) is 35.0 Å². The summed E-state index contributed by atoms with van der Waals surface area (Å²) in [4.78, 5) is 15.2. The molecule has 30 heavy (non-hydrogen) atoms. The molecule has 3 heterocycles. The first-order valence-corrected chi connectivity index (χ1v) is 10.6. The quantitative estimate of drug-likeness (QED) is 0.620. The maximum atomic E-state index is 13.3. The summed E-state index contributed by atoms with van der Waals surface area (Å²) >= 11 is 12.1. The lowest BCUT2D eigenvalue weighted by atomic mass is 9.95. The number of benzene rings is 1. The van der Waals surface area contributed by atoms with Gasteiger partial charge in [-0.25, -0.2) is 0 Å². The Balaban J connectivity index is 1.73. The van der Waals surface area contributed by atoms with E-state index in [1.54, 1.807) is 22.9 Å². The van der Waals surface area contributed by atoms with Gasteiger partial charge in [-0.1, -0.05) is 28.4 Å². The summed E-state index contributed by atoms with van der Waals surface area (Å²) in [5.41, 5.74) is 2.77. The van der Waals surface area contributed by atoms with E-state index in [1.165, 1.54) is 0 Å². The number of halogens is 2. The van der Waals surface area contributed by atoms with E-state index in [-0.39, 0.29) is 18.6 Å². The van der Waals surface area contributed by atoms with Crippen LogP contribution in [0, 0.1) is 6.92 Å². The summed E-state index contributed by atoms with van der Waals surface area (Å²) in [7, 11) is 0. The van der Waals surface area contributed by atoms with Gasteiger partial charge in [0.05, 0.1) is 46.2 Å². The zero-order valence-corrected chi connectivity index (χ0v) is 18.0. The van der Waals surface area contributed by atoms with Gasteiger partial charge in [0.25, 0.3) is 5.91 Å². The van der Waals surface area contributed by atoms with Gasteiger partial charge in [-0.15, -0.1) is 0 Å². The highest BCUT2D eigenvalue weighted by atomic mass is 35.5. The first-order chi connectivity index (χ1) is 14.5. The second-order valence-electron chi connectivity index (χ2n) is 7.39. The number of amides is 1. The molecule has 9 heteroatoms. The summed E-state index contributed by atoms with van der Waals surface area (Å²) < 4.78 is 7.16. The van der Waals surface area contributed by atoms with E-state index in [1.807, 2.05) is 24.1 Å². The third kappa shape index (κ3) is 4.10. The van der Waals surface area contributed by atoms with E-state index >= 15 is 0 Å². The van der Waals surface area contributed by atoms with Crippen molar-refractivity contribution in [1.29, 1.82) is 0 Å². The molecule has 1 aromatic carbocycles. The summed E-state index contributed by atoms with van der Waals surface area (Å²) in [5.74, 6) is 0.480. The third-order valence-electron chi connectivity index (χ3n) is 5.26. The zero-order chi connectivity index (χ0) is 21.3. The van der Waals surface area contributed by atoms with Crippen molar-refractivity contribution < 1.29 is 14.4 Å². The monoisotopic (exact) mass is 448 g/mol. The molecule has 0 bridgehead atoms. The van der Waals surface area contributed by atoms with Crippen LogP contribution in [0.2, 0.25) is 10.0 Å². The molecule has 1 N–H and O–H groups in total. The molecule has 158 valence electrons. The van der Waals surface area contributed by atoms with Crippen LogP contribution in [-0.2, 0) is 6.54 Å². The summed E-state index contributed by atoms with van der Waals surface area (Å²) in [6.07, 6.45) is 4.51. The van der Waals surface area contributed by atoms with Crippen molar-refractivity contribution in [2.24, 2.45) is 0 Å². The van der Waals surface area contributed by atoms with Crippen molar-refractivity contribution in [3.63, 3.8) is 0 Å². The minimum Gasteiger partial charge on any atom is -0.394 e. The van der Waals surface area contributed by atoms with Crippen LogP contribution >= 0.6 is 23.2 Å². The van der Waals surface area contributed by atoms with Crippen LogP contribution in [0.4, 0.5) is 0 Å². The molecule has 1 aliphatic heterocycles. The fraction of sp³-hybridized carbons (Fsp3) is 0.381. The van der Waals surface area contributed by atoms with Crippen LogP contribution < -0.4 is 0 Å². The number of aromatic nitrogens is 3. The molecular weight excluding hydrogens is 427 g/mol. The standard InChI is InChI=1S/C21H22Cl2N4O3/c1-13-10-19(30-25-13)15-12-26(8-9-28)24-20(15)18-4-2-3-7-27(18)21(29)14-5-6-16(22)17(23)11-14/h5-6,10-12,18,28H,2-4,7-9H2,1H3. The van der Waals surface area contributed by atoms with Crippen LogP contribution in [0.1, 0.15) is 47.1 Å². The predicted octanol–water partition coefficient (Wildman–Crippen LogP) is 4.51. The first kappa shape index (κ1) is 20.9. The van der Waals surface area contributed by atoms with E-state index in [2.05, 4.69) is 5.16 Å². The summed E-state index contributed by atoms with van der Waals surface area (Å²) in [6, 6.07) is 6.55. The number of aryl methyl sites for hydroxylation is 1. The van der Waals surface area contributed by atoms with E-state index in [9.17, 15) is 9.90 Å². The van der Waals surface area contributed by atoms with E-state index < -0.39 is 0 Å². The fourth-order valence-electron chi connectivity index (χ4n) is 3.83. The third-order valence-corrected chi connectivity index (χ3v) is 6.00. The van der Waals surface area contributed by atoms with Gasteiger partial charge < -0.3 is 14.5 Å². The molecule has 3 aromatic rings. The SMILES string of the molecule is Cc1cc(-c2cn(CCO)nc2C2CCCCN2C(=O)c2ccc(Cl)c(Cl)c2)on1. The Morgan fingerprint density at radius 1 is 1.27 bits per heavy atom. The molecule has 0 spiro atoms. The number of nitrogens with zero attached hydrogens (tertiary/aromatic N) is 4. The van der Waals surface area contributed by atoms with Crippen LogP contribution in [0.5, 0.6) is 0 Å². The van der Waals surface area contributed by atoms with Gasteiger partial charge in [0.2, 0.25) is 0 Å². The van der Waals surface area contributed by atoms with E-state index in [4.69, 9.17) is 32.8 Å². The number of hydrogen-bond donors (Lipinski definition) is 1. The molecule has 1 unspecified atom stereocenters. The second-order valence-corrected chi connectivity index (χ2v) is 8.20. The molecule has 0 aliphatic carbocycles. The molecule has 1 amide bonds. The molecule has 1 fully saturated rings. The van der Waals surface area contributed by atoms with Gasteiger partial charge in [0.15, 0.2) is 5.76 Å². The largest absolute Gasteiger partial charge is 0.394 e. The number of aliphatic hydroxyl groups is 1. The highest BCUT2D eigenvalue weighted by molar-refractivity contribution is 6.42. The molecule has 2 aromatic heterocycles. The number of piperidine rings is 1. The lowest BCUT2D eigenvalue weighted by molar-refractivity contribution is 0.0605. The van der Waals surface area contributed by atoms with Gasteiger partial charge in [0, 0.05) is 24.4 Å². The van der Waals surface area contributed by atoms with Gasteiger partial charge in [-0.3, -0.25) is 9.48 Å². The molecule has 0 saturated carbocycles. The number of hydrogen-bond acceptors (Lipinski definition) is 5. The molecule has 4 rings (SSSR count). The van der Waals surface area contributed by atoms with Gasteiger partial charge in [-0.05, 0) is 44.4 Å². The number of carbonyl (C=O) groups is 1. The Bertz CT molecular complexity index is 1060. The maximum Gasteiger partial charge on any atom is 0.254 e. The van der Waals surface area contributed by atoms with Gasteiger partial charge >= 0.3 is 0 Å². The van der Waals surface area contributed by atoms with E-state index in [0.29, 0.717) is 34.5 Å². The fourth-order valence-corrected chi connectivity index (χ4v) is 4.13. The number of rotatable bonds is 5. The van der Waals surface area contributed by atoms with Gasteiger partial charge in [-0.2, -0.15) is 5.10 Å². The van der Waals surface area contributed by atoms with Crippen molar-refractivity contribution in [3.8, 4) is 11.3 Å². The van der Waals surface area contributed by atoms with Crippen molar-refractivity contribution >= 4 is 29.1 Å². The first-order valence-electron chi connectivity index (χ1n) is 9.86. The summed E-state index contributed by atoms with van der Waals surface area (Å²) in [5, 5.41) is 18.8. The van der Waals surface area contributed by atoms with Crippen molar-refractivity contribution in [1.82, 2.24) is 19.8 Å². The zero-order valence-electron chi connectivity index (χ0n) is 16.5. The normalized spacial score (nSPS) is 16.8. The minimum atomic E-state index is -0.221. The Morgan fingerprint density at radius 3 is 2.80 bits per heavy atom. The topological polar surface area (TPSA) is 84.4 Å². The molecule has 0 radical (unpaired) electrons. The summed E-state index contributed by atoms with van der Waals surface area (Å²) in [6.45, 7) is 2.79. The van der Waals surface area contributed by atoms with E-state index in [0.717, 1.165) is 36.2 Å². The van der Waals surface area contributed by atoms with Crippen LogP contribution in [0.25, 0.3) is 11.3 Å². The molecule has 1 atom stereocenters. The molecule has 1 saturated heterocycles.